The highest BCUT2D eigenvalue weighted by molar-refractivity contribution is 5.87. The summed E-state index contributed by atoms with van der Waals surface area (Å²) in [6.45, 7) is 3.97. The van der Waals surface area contributed by atoms with Gasteiger partial charge in [0.15, 0.2) is 0 Å². The van der Waals surface area contributed by atoms with E-state index in [1.807, 2.05) is 0 Å². The predicted molar refractivity (Wildman–Crippen MR) is 118 cm³/mol. The standard InChI is InChI=1S/C10H12N2O5.C10H14N2O3/c1-3-17-10(13)11-8-5-4-7(12(14)15)6-9(8)16-2;1-3-15-10(13)12-8-5-4-7(11)6-9(8)14-2/h4-6H,3H2,1-2H3,(H,11,13);4-6H,3,11H2,1-2H3,(H,12,13). The zero-order valence-electron chi connectivity index (χ0n) is 18.2. The lowest BCUT2D eigenvalue weighted by atomic mass is 10.2. The molecule has 2 aromatic rings. The second-order valence-electron chi connectivity index (χ2n) is 5.79. The number of nitrogens with zero attached hydrogens (tertiary/aromatic N) is 1. The number of nitro benzene ring substituents is 1. The van der Waals surface area contributed by atoms with Crippen LogP contribution in [0, 0.1) is 10.1 Å². The van der Waals surface area contributed by atoms with E-state index >= 15 is 0 Å². The van der Waals surface area contributed by atoms with Crippen LogP contribution in [0.25, 0.3) is 0 Å². The van der Waals surface area contributed by atoms with Gasteiger partial charge < -0.3 is 24.7 Å². The fourth-order valence-corrected chi connectivity index (χ4v) is 2.26. The third-order valence-electron chi connectivity index (χ3n) is 3.65. The quantitative estimate of drug-likeness (QED) is 0.321. The summed E-state index contributed by atoms with van der Waals surface area (Å²) in [6.07, 6.45) is -1.15. The van der Waals surface area contributed by atoms with Crippen molar-refractivity contribution >= 4 is 34.9 Å². The molecule has 0 aliphatic heterocycles. The Morgan fingerprint density at radius 3 is 1.81 bits per heavy atom. The van der Waals surface area contributed by atoms with Crippen molar-refractivity contribution in [2.75, 3.05) is 43.8 Å². The minimum Gasteiger partial charge on any atom is -0.494 e. The molecule has 0 spiro atoms. The van der Waals surface area contributed by atoms with Gasteiger partial charge >= 0.3 is 12.2 Å². The van der Waals surface area contributed by atoms with E-state index in [1.165, 1.54) is 32.4 Å². The van der Waals surface area contributed by atoms with Crippen molar-refractivity contribution in [1.29, 1.82) is 0 Å². The average Bonchev–Trinajstić information content (AvgIpc) is 2.75. The van der Waals surface area contributed by atoms with Crippen LogP contribution >= 0.6 is 0 Å². The van der Waals surface area contributed by atoms with Gasteiger partial charge in [-0.3, -0.25) is 20.7 Å². The van der Waals surface area contributed by atoms with Crippen LogP contribution in [0.15, 0.2) is 36.4 Å². The Morgan fingerprint density at radius 1 is 0.906 bits per heavy atom. The molecule has 0 saturated heterocycles. The highest BCUT2D eigenvalue weighted by atomic mass is 16.6. The number of carbonyl (C=O) groups excluding carboxylic acids is 2. The number of hydrogen-bond donors (Lipinski definition) is 3. The molecule has 0 saturated carbocycles. The lowest BCUT2D eigenvalue weighted by Gasteiger charge is -2.10. The molecule has 12 heteroatoms. The van der Waals surface area contributed by atoms with Crippen molar-refractivity contribution in [2.45, 2.75) is 13.8 Å². The predicted octanol–water partition coefficient (Wildman–Crippen LogP) is 4.02. The van der Waals surface area contributed by atoms with Crippen LogP contribution in [0.2, 0.25) is 0 Å². The Bertz CT molecular complexity index is 936. The number of anilines is 3. The topological polar surface area (TPSA) is 164 Å². The van der Waals surface area contributed by atoms with E-state index in [0.29, 0.717) is 29.4 Å². The molecule has 0 aromatic heterocycles. The van der Waals surface area contributed by atoms with Crippen molar-refractivity contribution in [1.82, 2.24) is 0 Å². The number of methoxy groups -OCH3 is 2. The minimum atomic E-state index is -0.639. The number of carbonyl (C=O) groups is 2. The smallest absolute Gasteiger partial charge is 0.411 e. The summed E-state index contributed by atoms with van der Waals surface area (Å²) < 4.78 is 19.4. The molecule has 0 unspecified atom stereocenters. The van der Waals surface area contributed by atoms with E-state index in [-0.39, 0.29) is 18.0 Å². The van der Waals surface area contributed by atoms with E-state index < -0.39 is 17.1 Å². The monoisotopic (exact) mass is 450 g/mol. The van der Waals surface area contributed by atoms with Crippen molar-refractivity contribution in [2.24, 2.45) is 0 Å². The molecule has 2 amide bonds. The second-order valence-corrected chi connectivity index (χ2v) is 5.79. The first-order chi connectivity index (χ1) is 15.2. The largest absolute Gasteiger partial charge is 0.494 e. The molecule has 12 nitrogen and oxygen atoms in total. The van der Waals surface area contributed by atoms with Gasteiger partial charge in [-0.25, -0.2) is 9.59 Å². The number of non-ortho nitro benzene ring substituents is 1. The number of nitrogens with two attached hydrogens (primary N) is 1. The lowest BCUT2D eigenvalue weighted by Crippen LogP contribution is -2.14. The molecule has 4 N–H and O–H groups in total. The van der Waals surface area contributed by atoms with Gasteiger partial charge in [0.2, 0.25) is 0 Å². The van der Waals surface area contributed by atoms with Crippen LogP contribution in [-0.2, 0) is 9.47 Å². The number of ether oxygens (including phenoxy) is 4. The maximum absolute atomic E-state index is 11.2. The lowest BCUT2D eigenvalue weighted by molar-refractivity contribution is -0.384. The third-order valence-corrected chi connectivity index (χ3v) is 3.65. The number of hydrogen-bond acceptors (Lipinski definition) is 9. The molecule has 0 aliphatic rings. The van der Waals surface area contributed by atoms with Crippen LogP contribution in [-0.4, -0.2) is 44.5 Å². The molecule has 0 aliphatic carbocycles. The number of nitrogen functional groups attached to an aromatic ring is 1. The first kappa shape index (κ1) is 25.8. The molecular formula is C20H26N4O8. The van der Waals surface area contributed by atoms with E-state index in [2.05, 4.69) is 15.4 Å². The molecule has 0 fully saturated rings. The SMILES string of the molecule is CCOC(=O)Nc1ccc(N)cc1OC.CCOC(=O)Nc1ccc([N+](=O)[O-])cc1OC. The first-order valence-electron chi connectivity index (χ1n) is 9.39. The van der Waals surface area contributed by atoms with Gasteiger partial charge in [-0.1, -0.05) is 0 Å². The summed E-state index contributed by atoms with van der Waals surface area (Å²) in [4.78, 5) is 32.3. The maximum Gasteiger partial charge on any atom is 0.411 e. The number of nitro groups is 1. The van der Waals surface area contributed by atoms with Crippen molar-refractivity contribution < 1.29 is 33.5 Å². The Kier molecular flexibility index (Phi) is 10.6. The molecule has 0 radical (unpaired) electrons. The van der Waals surface area contributed by atoms with Crippen LogP contribution in [0.1, 0.15) is 13.8 Å². The highest BCUT2D eigenvalue weighted by Crippen LogP contribution is 2.29. The van der Waals surface area contributed by atoms with Gasteiger partial charge in [0.05, 0.1) is 49.8 Å². The van der Waals surface area contributed by atoms with Crippen molar-refractivity contribution in [3.8, 4) is 11.5 Å². The van der Waals surface area contributed by atoms with Gasteiger partial charge in [-0.15, -0.1) is 0 Å². The molecule has 0 bridgehead atoms. The van der Waals surface area contributed by atoms with Gasteiger partial charge in [0.1, 0.15) is 11.5 Å². The zero-order chi connectivity index (χ0) is 24.1. The summed E-state index contributed by atoms with van der Waals surface area (Å²) in [7, 11) is 2.86. The second kappa shape index (κ2) is 13.2. The number of amides is 2. The summed E-state index contributed by atoms with van der Waals surface area (Å²) in [5.74, 6) is 0.704. The van der Waals surface area contributed by atoms with Gasteiger partial charge in [-0.05, 0) is 32.0 Å². The van der Waals surface area contributed by atoms with Crippen molar-refractivity contribution in [3.63, 3.8) is 0 Å². The summed E-state index contributed by atoms with van der Waals surface area (Å²) >= 11 is 0. The molecule has 0 heterocycles. The Hall–Kier alpha value is -4.22. The third kappa shape index (κ3) is 8.26. The minimum absolute atomic E-state index is 0.115. The van der Waals surface area contributed by atoms with E-state index in [4.69, 9.17) is 19.9 Å². The number of benzene rings is 2. The van der Waals surface area contributed by atoms with Gasteiger partial charge in [0, 0.05) is 17.8 Å². The Morgan fingerprint density at radius 2 is 1.38 bits per heavy atom. The van der Waals surface area contributed by atoms with E-state index in [9.17, 15) is 19.7 Å². The van der Waals surface area contributed by atoms with Crippen LogP contribution in [0.3, 0.4) is 0 Å². The summed E-state index contributed by atoms with van der Waals surface area (Å²) in [6, 6.07) is 8.83. The molecule has 32 heavy (non-hydrogen) atoms. The molecular weight excluding hydrogens is 424 g/mol. The Balaban J connectivity index is 0.000000323. The summed E-state index contributed by atoms with van der Waals surface area (Å²) in [5, 5.41) is 15.5. The zero-order valence-corrected chi connectivity index (χ0v) is 18.2. The highest BCUT2D eigenvalue weighted by Gasteiger charge is 2.13. The van der Waals surface area contributed by atoms with Gasteiger partial charge in [-0.2, -0.15) is 0 Å². The summed E-state index contributed by atoms with van der Waals surface area (Å²) in [5.41, 5.74) is 6.87. The maximum atomic E-state index is 11.2. The van der Waals surface area contributed by atoms with Crippen LogP contribution in [0.4, 0.5) is 32.3 Å². The molecule has 2 aromatic carbocycles. The molecule has 0 atom stereocenters. The Labute approximate surface area is 184 Å². The first-order valence-corrected chi connectivity index (χ1v) is 9.39. The average molecular weight is 450 g/mol. The number of nitrogens with one attached hydrogen (secondary N) is 2. The van der Waals surface area contributed by atoms with Gasteiger partial charge in [0.25, 0.3) is 5.69 Å². The molecule has 2 rings (SSSR count). The molecule has 174 valence electrons. The van der Waals surface area contributed by atoms with E-state index in [0.717, 1.165) is 0 Å². The van der Waals surface area contributed by atoms with E-state index in [1.54, 1.807) is 32.0 Å². The van der Waals surface area contributed by atoms with Crippen molar-refractivity contribution in [3.05, 3.63) is 46.5 Å². The normalized spacial score (nSPS) is 9.50. The number of rotatable bonds is 7. The fourth-order valence-electron chi connectivity index (χ4n) is 2.26. The van der Waals surface area contributed by atoms with Crippen LogP contribution < -0.4 is 25.8 Å². The van der Waals surface area contributed by atoms with Crippen LogP contribution in [0.5, 0.6) is 11.5 Å². The fraction of sp³-hybridized carbons (Fsp3) is 0.300.